The summed E-state index contributed by atoms with van der Waals surface area (Å²) in [5.74, 6) is 1.23. The minimum absolute atomic E-state index is 0.00355. The second kappa shape index (κ2) is 7.16. The van der Waals surface area contributed by atoms with Crippen molar-refractivity contribution in [1.82, 2.24) is 0 Å². The Labute approximate surface area is 169 Å². The van der Waals surface area contributed by atoms with Crippen LogP contribution < -0.4 is 4.74 Å². The molecule has 0 atom stereocenters. The molecular formula is C26H32O2. The number of ether oxygens (including phenoxy) is 1. The summed E-state index contributed by atoms with van der Waals surface area (Å²) in [4.78, 5) is 0. The number of hydrogen-bond donors (Lipinski definition) is 1. The van der Waals surface area contributed by atoms with E-state index in [2.05, 4.69) is 65.8 Å². The van der Waals surface area contributed by atoms with Crippen molar-refractivity contribution in [1.29, 1.82) is 0 Å². The van der Waals surface area contributed by atoms with Gasteiger partial charge in [0.2, 0.25) is 0 Å². The molecule has 0 saturated carbocycles. The van der Waals surface area contributed by atoms with Crippen molar-refractivity contribution in [2.45, 2.75) is 58.8 Å². The first-order valence-electron chi connectivity index (χ1n) is 9.93. The number of fused-ring (bicyclic) bond motifs is 1. The van der Waals surface area contributed by atoms with E-state index in [1.165, 1.54) is 27.6 Å². The normalized spacial score (nSPS) is 12.4. The average molecular weight is 377 g/mol. The van der Waals surface area contributed by atoms with Gasteiger partial charge in [0.05, 0.1) is 7.11 Å². The van der Waals surface area contributed by atoms with Gasteiger partial charge in [0.15, 0.2) is 0 Å². The van der Waals surface area contributed by atoms with Crippen molar-refractivity contribution in [3.05, 3.63) is 70.8 Å². The quantitative estimate of drug-likeness (QED) is 0.548. The van der Waals surface area contributed by atoms with E-state index in [0.717, 1.165) is 17.6 Å². The predicted molar refractivity (Wildman–Crippen MR) is 119 cm³/mol. The molecule has 3 rings (SSSR count). The third-order valence-corrected chi connectivity index (χ3v) is 5.42. The van der Waals surface area contributed by atoms with Gasteiger partial charge in [-0.25, -0.2) is 0 Å². The maximum absolute atomic E-state index is 9.64. The van der Waals surface area contributed by atoms with E-state index >= 15 is 0 Å². The van der Waals surface area contributed by atoms with Crippen LogP contribution in [0, 0.1) is 0 Å². The SMILES string of the molecule is COc1cc(C(C)(C)C)c(Cc2ccc(O)cc2)c2ccc(C(C)(C)C)cc12. The fraction of sp³-hybridized carbons (Fsp3) is 0.385. The first-order chi connectivity index (χ1) is 13.0. The van der Waals surface area contributed by atoms with E-state index in [1.54, 1.807) is 19.2 Å². The molecule has 0 aliphatic rings. The molecule has 3 aromatic carbocycles. The van der Waals surface area contributed by atoms with Crippen LogP contribution >= 0.6 is 0 Å². The number of methoxy groups -OCH3 is 1. The molecule has 2 heteroatoms. The summed E-state index contributed by atoms with van der Waals surface area (Å²) in [6.45, 7) is 13.5. The third-order valence-electron chi connectivity index (χ3n) is 5.42. The largest absolute Gasteiger partial charge is 0.508 e. The summed E-state index contributed by atoms with van der Waals surface area (Å²) in [6, 6.07) is 16.5. The molecule has 0 aromatic heterocycles. The lowest BCUT2D eigenvalue weighted by molar-refractivity contribution is 0.417. The predicted octanol–water partition coefficient (Wildman–Crippen LogP) is 6.74. The molecule has 0 saturated heterocycles. The number of rotatable bonds is 3. The highest BCUT2D eigenvalue weighted by atomic mass is 16.5. The van der Waals surface area contributed by atoms with E-state index in [1.807, 2.05) is 12.1 Å². The number of phenolic OH excluding ortho intramolecular Hbond substituents is 1. The highest BCUT2D eigenvalue weighted by Gasteiger charge is 2.24. The molecule has 28 heavy (non-hydrogen) atoms. The highest BCUT2D eigenvalue weighted by molar-refractivity contribution is 5.93. The van der Waals surface area contributed by atoms with Gasteiger partial charge in [0.25, 0.3) is 0 Å². The van der Waals surface area contributed by atoms with Crippen LogP contribution in [0.15, 0.2) is 48.5 Å². The summed E-state index contributed by atoms with van der Waals surface area (Å²) in [5.41, 5.74) is 5.20. The lowest BCUT2D eigenvalue weighted by atomic mass is 9.78. The van der Waals surface area contributed by atoms with Crippen LogP contribution in [0.1, 0.15) is 63.8 Å². The van der Waals surface area contributed by atoms with E-state index in [0.29, 0.717) is 5.75 Å². The minimum Gasteiger partial charge on any atom is -0.508 e. The Balaban J connectivity index is 2.30. The van der Waals surface area contributed by atoms with Crippen molar-refractivity contribution >= 4 is 10.8 Å². The number of benzene rings is 3. The maximum Gasteiger partial charge on any atom is 0.127 e. The molecule has 0 heterocycles. The molecule has 1 N–H and O–H groups in total. The molecule has 0 amide bonds. The minimum atomic E-state index is -0.00355. The first kappa shape index (κ1) is 20.3. The Kier molecular flexibility index (Phi) is 5.18. The number of hydrogen-bond acceptors (Lipinski definition) is 2. The maximum atomic E-state index is 9.64. The van der Waals surface area contributed by atoms with Gasteiger partial charge >= 0.3 is 0 Å². The second-order valence-electron chi connectivity index (χ2n) is 9.71. The van der Waals surface area contributed by atoms with Crippen molar-refractivity contribution in [2.24, 2.45) is 0 Å². The van der Waals surface area contributed by atoms with Crippen molar-refractivity contribution < 1.29 is 9.84 Å². The molecule has 0 aliphatic heterocycles. The van der Waals surface area contributed by atoms with E-state index < -0.39 is 0 Å². The number of aromatic hydroxyl groups is 1. The Hall–Kier alpha value is -2.48. The summed E-state index contributed by atoms with van der Waals surface area (Å²) < 4.78 is 5.82. The molecule has 0 spiro atoms. The van der Waals surface area contributed by atoms with Gasteiger partial charge in [-0.05, 0) is 69.2 Å². The van der Waals surface area contributed by atoms with Crippen LogP contribution in [0.25, 0.3) is 10.8 Å². The summed E-state index contributed by atoms with van der Waals surface area (Å²) in [7, 11) is 1.75. The van der Waals surface area contributed by atoms with Crippen molar-refractivity contribution in [3.8, 4) is 11.5 Å². The van der Waals surface area contributed by atoms with Crippen molar-refractivity contribution in [3.63, 3.8) is 0 Å². The topological polar surface area (TPSA) is 29.5 Å². The van der Waals surface area contributed by atoms with Crippen LogP contribution in [0.3, 0.4) is 0 Å². The Morgan fingerprint density at radius 1 is 0.786 bits per heavy atom. The van der Waals surface area contributed by atoms with E-state index in [4.69, 9.17) is 4.74 Å². The summed E-state index contributed by atoms with van der Waals surface area (Å²) in [5, 5.41) is 12.0. The van der Waals surface area contributed by atoms with E-state index in [9.17, 15) is 5.11 Å². The lowest BCUT2D eigenvalue weighted by Crippen LogP contribution is -2.16. The molecule has 3 aromatic rings. The Morgan fingerprint density at radius 2 is 1.43 bits per heavy atom. The van der Waals surface area contributed by atoms with Crippen LogP contribution in [-0.4, -0.2) is 12.2 Å². The first-order valence-corrected chi connectivity index (χ1v) is 9.93. The van der Waals surface area contributed by atoms with Crippen LogP contribution in [-0.2, 0) is 17.3 Å². The molecule has 0 fully saturated rings. The van der Waals surface area contributed by atoms with Gasteiger partial charge in [0.1, 0.15) is 11.5 Å². The van der Waals surface area contributed by atoms with Gasteiger partial charge in [-0.1, -0.05) is 65.8 Å². The standard InChI is InChI=1S/C26H32O2/c1-25(2,3)18-10-13-20-21(14-17-8-11-19(27)12-9-17)23(26(4,5)6)16-24(28-7)22(20)15-18/h8-13,15-16,27H,14H2,1-7H3. The zero-order valence-electron chi connectivity index (χ0n) is 18.2. The van der Waals surface area contributed by atoms with Gasteiger partial charge in [-0.15, -0.1) is 0 Å². The van der Waals surface area contributed by atoms with Gasteiger partial charge < -0.3 is 9.84 Å². The van der Waals surface area contributed by atoms with Crippen LogP contribution in [0.4, 0.5) is 0 Å². The van der Waals surface area contributed by atoms with Crippen molar-refractivity contribution in [2.75, 3.05) is 7.11 Å². The number of phenols is 1. The monoisotopic (exact) mass is 376 g/mol. The molecule has 0 radical (unpaired) electrons. The van der Waals surface area contributed by atoms with Gasteiger partial charge in [-0.2, -0.15) is 0 Å². The lowest BCUT2D eigenvalue weighted by Gasteiger charge is -2.27. The van der Waals surface area contributed by atoms with Crippen LogP contribution in [0.5, 0.6) is 11.5 Å². The molecule has 0 bridgehead atoms. The summed E-state index contributed by atoms with van der Waals surface area (Å²) in [6.07, 6.45) is 0.822. The molecule has 0 aliphatic carbocycles. The summed E-state index contributed by atoms with van der Waals surface area (Å²) >= 11 is 0. The Bertz CT molecular complexity index is 984. The third kappa shape index (κ3) is 4.01. The van der Waals surface area contributed by atoms with Crippen LogP contribution in [0.2, 0.25) is 0 Å². The Morgan fingerprint density at radius 3 is 1.96 bits per heavy atom. The molecule has 2 nitrogen and oxygen atoms in total. The fourth-order valence-corrected chi connectivity index (χ4v) is 3.77. The smallest absolute Gasteiger partial charge is 0.127 e. The average Bonchev–Trinajstić information content (AvgIpc) is 2.61. The molecule has 0 unspecified atom stereocenters. The highest BCUT2D eigenvalue weighted by Crippen LogP contribution is 2.40. The van der Waals surface area contributed by atoms with Gasteiger partial charge in [0, 0.05) is 5.39 Å². The zero-order chi connectivity index (χ0) is 20.7. The van der Waals surface area contributed by atoms with E-state index in [-0.39, 0.29) is 10.8 Å². The van der Waals surface area contributed by atoms with Gasteiger partial charge in [-0.3, -0.25) is 0 Å². The second-order valence-corrected chi connectivity index (χ2v) is 9.71. The zero-order valence-corrected chi connectivity index (χ0v) is 18.2. The molecular weight excluding hydrogens is 344 g/mol. The fourth-order valence-electron chi connectivity index (χ4n) is 3.77. The molecule has 148 valence electrons.